The van der Waals surface area contributed by atoms with Crippen LogP contribution in [0, 0.1) is 0 Å². The molecule has 0 bridgehead atoms. The van der Waals surface area contributed by atoms with Crippen molar-refractivity contribution < 1.29 is 24.1 Å². The number of thiocarbonyl (C=S) groups is 1. The Morgan fingerprint density at radius 2 is 2.04 bits per heavy atom. The van der Waals surface area contributed by atoms with Crippen LogP contribution in [0.4, 0.5) is 0 Å². The van der Waals surface area contributed by atoms with E-state index < -0.39 is 5.97 Å². The molecule has 1 atom stereocenters. The molecular weight excluding hydrogens is 356 g/mol. The summed E-state index contributed by atoms with van der Waals surface area (Å²) in [4.78, 5) is 15.9. The van der Waals surface area contributed by atoms with Crippen molar-refractivity contribution in [2.24, 2.45) is 0 Å². The van der Waals surface area contributed by atoms with Gasteiger partial charge in [0.1, 0.15) is 35.7 Å². The van der Waals surface area contributed by atoms with Gasteiger partial charge in [-0.05, 0) is 19.1 Å². The predicted molar refractivity (Wildman–Crippen MR) is 99.6 cm³/mol. The summed E-state index contributed by atoms with van der Waals surface area (Å²) in [6.07, 6.45) is 1.15. The van der Waals surface area contributed by atoms with Gasteiger partial charge in [-0.15, -0.1) is 0 Å². The van der Waals surface area contributed by atoms with Crippen molar-refractivity contribution >= 4 is 23.2 Å². The van der Waals surface area contributed by atoms with Gasteiger partial charge in [-0.1, -0.05) is 30.4 Å². The van der Waals surface area contributed by atoms with Gasteiger partial charge in [0, 0.05) is 12.3 Å². The van der Waals surface area contributed by atoms with Crippen molar-refractivity contribution in [2.45, 2.75) is 13.0 Å². The van der Waals surface area contributed by atoms with Crippen LogP contribution < -0.4 is 14.8 Å². The van der Waals surface area contributed by atoms with Crippen LogP contribution in [0.15, 0.2) is 42.6 Å². The lowest BCUT2D eigenvalue weighted by atomic mass is 10.3. The molecule has 1 aromatic heterocycles. The number of benzene rings is 1. The van der Waals surface area contributed by atoms with E-state index in [0.29, 0.717) is 5.75 Å². The molecule has 0 amide bonds. The van der Waals surface area contributed by atoms with Crippen LogP contribution in [0.25, 0.3) is 0 Å². The maximum Gasteiger partial charge on any atom is 0.325 e. The van der Waals surface area contributed by atoms with Crippen molar-refractivity contribution in [3.63, 3.8) is 0 Å². The highest BCUT2D eigenvalue weighted by Gasteiger charge is 2.15. The molecule has 1 heterocycles. The van der Waals surface area contributed by atoms with Crippen molar-refractivity contribution in [2.75, 3.05) is 20.3 Å². The molecule has 2 aromatic rings. The van der Waals surface area contributed by atoms with E-state index in [4.69, 9.17) is 26.4 Å². The highest BCUT2D eigenvalue weighted by molar-refractivity contribution is 7.80. The summed E-state index contributed by atoms with van der Waals surface area (Å²) in [5, 5.41) is 12.7. The van der Waals surface area contributed by atoms with Gasteiger partial charge in [-0.3, -0.25) is 4.79 Å². The van der Waals surface area contributed by atoms with Crippen LogP contribution in [0.1, 0.15) is 12.6 Å². The zero-order valence-electron chi connectivity index (χ0n) is 14.5. The third-order valence-corrected chi connectivity index (χ3v) is 3.61. The molecule has 2 rings (SSSR count). The Kier molecular flexibility index (Phi) is 7.16. The lowest BCUT2D eigenvalue weighted by Crippen LogP contribution is -2.32. The largest absolute Gasteiger partial charge is 0.503 e. The fraction of sp³-hybridized carbons (Fsp3) is 0.278. The summed E-state index contributed by atoms with van der Waals surface area (Å²) < 4.78 is 15.8. The second-order valence-corrected chi connectivity index (χ2v) is 5.73. The van der Waals surface area contributed by atoms with E-state index in [9.17, 15) is 9.90 Å². The van der Waals surface area contributed by atoms with Crippen molar-refractivity contribution in [1.82, 2.24) is 10.3 Å². The minimum Gasteiger partial charge on any atom is -0.503 e. The fourth-order valence-corrected chi connectivity index (χ4v) is 2.25. The number of nitrogens with zero attached hydrogens (tertiary/aromatic N) is 1. The Labute approximate surface area is 156 Å². The zero-order chi connectivity index (χ0) is 18.9. The number of rotatable bonds is 8. The summed E-state index contributed by atoms with van der Waals surface area (Å²) in [7, 11) is 1.42. The highest BCUT2D eigenvalue weighted by atomic mass is 32.1. The monoisotopic (exact) mass is 376 g/mol. The Bertz CT molecular complexity index is 755. The Morgan fingerprint density at radius 3 is 2.73 bits per heavy atom. The van der Waals surface area contributed by atoms with E-state index in [-0.39, 0.29) is 41.4 Å². The number of pyridine rings is 1. The number of para-hydroxylation sites is 1. The number of carbonyl (C=O) groups is 1. The number of nitrogens with one attached hydrogen (secondary N) is 1. The number of aromatic hydroxyl groups is 1. The van der Waals surface area contributed by atoms with Crippen molar-refractivity contribution in [1.29, 1.82) is 0 Å². The van der Waals surface area contributed by atoms with Crippen molar-refractivity contribution in [3.05, 3.63) is 48.3 Å². The van der Waals surface area contributed by atoms with Gasteiger partial charge in [0.15, 0.2) is 11.5 Å². The number of carbonyl (C=O) groups excluding carboxylic acids is 1. The first kappa shape index (κ1) is 19.5. The fourth-order valence-electron chi connectivity index (χ4n) is 2.03. The molecule has 0 spiro atoms. The topological polar surface area (TPSA) is 89.9 Å². The SMILES string of the molecule is COc1ccnc(C(=S)NCC(=O)OCC(C)Oc2ccccc2)c1O. The summed E-state index contributed by atoms with van der Waals surface area (Å²) in [5.41, 5.74) is 0.132. The number of hydrogen-bond acceptors (Lipinski definition) is 7. The predicted octanol–water partition coefficient (Wildman–Crippen LogP) is 2.07. The molecule has 138 valence electrons. The van der Waals surface area contributed by atoms with E-state index >= 15 is 0 Å². The molecular formula is C18H20N2O5S. The summed E-state index contributed by atoms with van der Waals surface area (Å²) in [5.74, 6) is 0.257. The Balaban J connectivity index is 1.77. The molecule has 7 nitrogen and oxygen atoms in total. The molecule has 0 saturated carbocycles. The number of aromatic nitrogens is 1. The van der Waals surface area contributed by atoms with Gasteiger partial charge in [0.05, 0.1) is 7.11 Å². The molecule has 0 aliphatic rings. The van der Waals surface area contributed by atoms with Gasteiger partial charge in [-0.2, -0.15) is 0 Å². The van der Waals surface area contributed by atoms with Crippen molar-refractivity contribution in [3.8, 4) is 17.2 Å². The van der Waals surface area contributed by atoms with Gasteiger partial charge < -0.3 is 24.6 Å². The molecule has 2 N–H and O–H groups in total. The zero-order valence-corrected chi connectivity index (χ0v) is 15.3. The van der Waals surface area contributed by atoms with Crippen LogP contribution in [0.5, 0.6) is 17.2 Å². The Morgan fingerprint density at radius 1 is 1.31 bits per heavy atom. The average molecular weight is 376 g/mol. The molecule has 1 aromatic carbocycles. The number of hydrogen-bond donors (Lipinski definition) is 2. The third-order valence-electron chi connectivity index (χ3n) is 3.28. The quantitative estimate of drug-likeness (QED) is 0.535. The highest BCUT2D eigenvalue weighted by Crippen LogP contribution is 2.27. The maximum atomic E-state index is 11.8. The number of esters is 1. The van der Waals surface area contributed by atoms with Crippen LogP contribution >= 0.6 is 12.2 Å². The second-order valence-electron chi connectivity index (χ2n) is 5.32. The average Bonchev–Trinajstić information content (AvgIpc) is 2.65. The smallest absolute Gasteiger partial charge is 0.325 e. The molecule has 0 aliphatic heterocycles. The summed E-state index contributed by atoms with van der Waals surface area (Å²) >= 11 is 5.13. The summed E-state index contributed by atoms with van der Waals surface area (Å²) in [6, 6.07) is 10.8. The third kappa shape index (κ3) is 5.59. The first-order chi connectivity index (χ1) is 12.5. The molecule has 0 saturated heterocycles. The number of ether oxygens (including phenoxy) is 3. The first-order valence-electron chi connectivity index (χ1n) is 7.88. The second kappa shape index (κ2) is 9.57. The van der Waals surface area contributed by atoms with Crippen LogP contribution in [0.2, 0.25) is 0 Å². The first-order valence-corrected chi connectivity index (χ1v) is 8.29. The van der Waals surface area contributed by atoms with E-state index in [1.54, 1.807) is 6.92 Å². The van der Waals surface area contributed by atoms with Gasteiger partial charge in [-0.25, -0.2) is 4.98 Å². The minimum absolute atomic E-state index is 0.102. The molecule has 0 fully saturated rings. The lowest BCUT2D eigenvalue weighted by molar-refractivity contribution is -0.144. The van der Waals surface area contributed by atoms with Crippen LogP contribution in [-0.2, 0) is 9.53 Å². The van der Waals surface area contributed by atoms with E-state index in [2.05, 4.69) is 10.3 Å². The normalized spacial score (nSPS) is 11.3. The van der Waals surface area contributed by atoms with Crippen LogP contribution in [-0.4, -0.2) is 47.4 Å². The van der Waals surface area contributed by atoms with E-state index in [1.165, 1.54) is 19.4 Å². The van der Waals surface area contributed by atoms with Crippen LogP contribution in [0.3, 0.4) is 0 Å². The molecule has 26 heavy (non-hydrogen) atoms. The molecule has 1 unspecified atom stereocenters. The van der Waals surface area contributed by atoms with Gasteiger partial charge in [0.25, 0.3) is 0 Å². The minimum atomic E-state index is -0.502. The molecule has 0 aliphatic carbocycles. The van der Waals surface area contributed by atoms with E-state index in [0.717, 1.165) is 0 Å². The maximum absolute atomic E-state index is 11.8. The molecule has 8 heteroatoms. The lowest BCUT2D eigenvalue weighted by Gasteiger charge is -2.15. The van der Waals surface area contributed by atoms with Gasteiger partial charge >= 0.3 is 5.97 Å². The van der Waals surface area contributed by atoms with Gasteiger partial charge in [0.2, 0.25) is 0 Å². The Hall–Kier alpha value is -2.87. The number of methoxy groups -OCH3 is 1. The summed E-state index contributed by atoms with van der Waals surface area (Å²) in [6.45, 7) is 1.75. The standard InChI is InChI=1S/C18H20N2O5S/c1-12(25-13-6-4-3-5-7-13)11-24-15(21)10-20-18(26)16-17(22)14(23-2)8-9-19-16/h3-9,12,22H,10-11H2,1-2H3,(H,20,26). The molecule has 0 radical (unpaired) electrons. The van der Waals surface area contributed by atoms with E-state index in [1.807, 2.05) is 30.3 Å².